The van der Waals surface area contributed by atoms with Crippen LogP contribution < -0.4 is 0 Å². The molecule has 0 bridgehead atoms. The van der Waals surface area contributed by atoms with Crippen molar-refractivity contribution in [1.82, 2.24) is 24.6 Å². The quantitative estimate of drug-likeness (QED) is 0.924. The van der Waals surface area contributed by atoms with E-state index in [1.807, 2.05) is 29.9 Å². The van der Waals surface area contributed by atoms with Gasteiger partial charge in [0.25, 0.3) is 5.91 Å². The van der Waals surface area contributed by atoms with E-state index < -0.39 is 0 Å². The summed E-state index contributed by atoms with van der Waals surface area (Å²) in [6.45, 7) is 3.66. The van der Waals surface area contributed by atoms with Gasteiger partial charge in [0, 0.05) is 26.2 Å². The Kier molecular flexibility index (Phi) is 4.24. The molecule has 1 N–H and O–H groups in total. The van der Waals surface area contributed by atoms with Gasteiger partial charge in [-0.15, -0.1) is 0 Å². The molecule has 1 amide bonds. The van der Waals surface area contributed by atoms with Gasteiger partial charge in [0.05, 0.1) is 13.2 Å². The first-order valence-electron chi connectivity index (χ1n) is 7.62. The molecular weight excluding hydrogens is 282 g/mol. The monoisotopic (exact) mass is 303 g/mol. The average molecular weight is 303 g/mol. The van der Waals surface area contributed by atoms with E-state index in [4.69, 9.17) is 4.74 Å². The van der Waals surface area contributed by atoms with Crippen molar-refractivity contribution in [3.8, 4) is 0 Å². The van der Waals surface area contributed by atoms with Crippen molar-refractivity contribution in [3.05, 3.63) is 35.7 Å². The first-order chi connectivity index (χ1) is 10.7. The summed E-state index contributed by atoms with van der Waals surface area (Å²) in [4.78, 5) is 18.8. The van der Waals surface area contributed by atoms with Crippen molar-refractivity contribution in [2.75, 3.05) is 19.7 Å². The molecule has 3 rings (SSSR count). The first-order valence-corrected chi connectivity index (χ1v) is 7.62. The van der Waals surface area contributed by atoms with Gasteiger partial charge in [-0.1, -0.05) is 6.92 Å². The highest BCUT2D eigenvalue weighted by atomic mass is 16.5. The van der Waals surface area contributed by atoms with E-state index in [0.717, 1.165) is 18.7 Å². The number of carbonyl (C=O) groups is 1. The average Bonchev–Trinajstić information content (AvgIpc) is 3.16. The second-order valence-corrected chi connectivity index (χ2v) is 5.51. The number of aryl methyl sites for hydroxylation is 2. The zero-order valence-electron chi connectivity index (χ0n) is 13.0. The molecule has 0 aromatic carbocycles. The van der Waals surface area contributed by atoms with Gasteiger partial charge in [-0.2, -0.15) is 5.10 Å². The number of hydrogen-bond acceptors (Lipinski definition) is 4. The first kappa shape index (κ1) is 14.8. The lowest BCUT2D eigenvalue weighted by Gasteiger charge is -2.31. The molecule has 0 saturated carbocycles. The Hall–Kier alpha value is -2.15. The molecule has 7 nitrogen and oxygen atoms in total. The van der Waals surface area contributed by atoms with Crippen LogP contribution in [0.5, 0.6) is 0 Å². The lowest BCUT2D eigenvalue weighted by Crippen LogP contribution is -2.43. The predicted molar refractivity (Wildman–Crippen MR) is 80.4 cm³/mol. The number of hydrogen-bond donors (Lipinski definition) is 1. The van der Waals surface area contributed by atoms with Crippen LogP contribution in [0.4, 0.5) is 0 Å². The van der Waals surface area contributed by atoms with Gasteiger partial charge < -0.3 is 14.2 Å². The standard InChI is InChI=1S/C15H21N5O2/c1-3-5-13-16-14(18-17-13)12-10-20(8-9-22-12)15(21)11-6-4-7-19(11)2/h4,6-7,12H,3,5,8-10H2,1-2H3,(H,16,17,18)/t12-/m0/s1. The molecule has 0 unspecified atom stereocenters. The Bertz CT molecular complexity index is 648. The Morgan fingerprint density at radius 2 is 2.41 bits per heavy atom. The van der Waals surface area contributed by atoms with Crippen molar-refractivity contribution in [2.45, 2.75) is 25.9 Å². The zero-order valence-corrected chi connectivity index (χ0v) is 13.0. The fourth-order valence-corrected chi connectivity index (χ4v) is 2.64. The largest absolute Gasteiger partial charge is 0.366 e. The SMILES string of the molecule is CCCc1nc([C@@H]2CN(C(=O)c3cccn3C)CCO2)n[nH]1. The molecule has 0 spiro atoms. The molecule has 1 saturated heterocycles. The summed E-state index contributed by atoms with van der Waals surface area (Å²) < 4.78 is 7.57. The fourth-order valence-electron chi connectivity index (χ4n) is 2.64. The summed E-state index contributed by atoms with van der Waals surface area (Å²) in [5.41, 5.74) is 0.683. The number of ether oxygens (including phenoxy) is 1. The maximum absolute atomic E-state index is 12.6. The summed E-state index contributed by atoms with van der Waals surface area (Å²) in [6.07, 6.45) is 3.49. The minimum absolute atomic E-state index is 0.0186. The zero-order chi connectivity index (χ0) is 15.5. The number of nitrogens with one attached hydrogen (secondary N) is 1. The van der Waals surface area contributed by atoms with Crippen molar-refractivity contribution in [3.63, 3.8) is 0 Å². The smallest absolute Gasteiger partial charge is 0.270 e. The highest BCUT2D eigenvalue weighted by molar-refractivity contribution is 5.92. The van der Waals surface area contributed by atoms with Gasteiger partial charge in [0.2, 0.25) is 0 Å². The molecule has 118 valence electrons. The molecular formula is C15H21N5O2. The molecule has 2 aromatic heterocycles. The van der Waals surface area contributed by atoms with E-state index in [1.54, 1.807) is 4.90 Å². The third-order valence-corrected chi connectivity index (χ3v) is 3.84. The number of H-pyrrole nitrogens is 1. The van der Waals surface area contributed by atoms with Crippen LogP contribution in [-0.4, -0.2) is 50.3 Å². The second-order valence-electron chi connectivity index (χ2n) is 5.51. The molecule has 1 fully saturated rings. The molecule has 3 heterocycles. The van der Waals surface area contributed by atoms with Crippen molar-refractivity contribution in [2.24, 2.45) is 7.05 Å². The summed E-state index contributed by atoms with van der Waals surface area (Å²) in [6, 6.07) is 3.70. The van der Waals surface area contributed by atoms with Crippen LogP contribution in [-0.2, 0) is 18.2 Å². The maximum atomic E-state index is 12.6. The van der Waals surface area contributed by atoms with Crippen molar-refractivity contribution < 1.29 is 9.53 Å². The summed E-state index contributed by atoms with van der Waals surface area (Å²) in [7, 11) is 1.87. The van der Waals surface area contributed by atoms with E-state index in [1.165, 1.54) is 0 Å². The second kappa shape index (κ2) is 6.31. The Morgan fingerprint density at radius 1 is 1.55 bits per heavy atom. The number of rotatable bonds is 4. The summed E-state index contributed by atoms with van der Waals surface area (Å²) >= 11 is 0. The molecule has 0 radical (unpaired) electrons. The third-order valence-electron chi connectivity index (χ3n) is 3.84. The fraction of sp³-hybridized carbons (Fsp3) is 0.533. The number of amides is 1. The molecule has 7 heteroatoms. The van der Waals surface area contributed by atoms with Crippen LogP contribution in [0.2, 0.25) is 0 Å². The highest BCUT2D eigenvalue weighted by Crippen LogP contribution is 2.20. The molecule has 1 atom stereocenters. The Labute approximate surface area is 129 Å². The number of morpholine rings is 1. The molecule has 22 heavy (non-hydrogen) atoms. The summed E-state index contributed by atoms with van der Waals surface area (Å²) in [5, 5.41) is 7.16. The highest BCUT2D eigenvalue weighted by Gasteiger charge is 2.29. The Balaban J connectivity index is 1.71. The van der Waals surface area contributed by atoms with Gasteiger partial charge in [-0.25, -0.2) is 4.98 Å². The molecule has 1 aliphatic heterocycles. The number of aromatic nitrogens is 4. The number of nitrogens with zero attached hydrogens (tertiary/aromatic N) is 4. The van der Waals surface area contributed by atoms with Crippen molar-refractivity contribution >= 4 is 5.91 Å². The minimum atomic E-state index is -0.264. The number of aromatic amines is 1. The topological polar surface area (TPSA) is 76.0 Å². The summed E-state index contributed by atoms with van der Waals surface area (Å²) in [5.74, 6) is 1.52. The molecule has 0 aliphatic carbocycles. The van der Waals surface area contributed by atoms with E-state index in [-0.39, 0.29) is 12.0 Å². The van der Waals surface area contributed by atoms with Crippen LogP contribution in [0.3, 0.4) is 0 Å². The maximum Gasteiger partial charge on any atom is 0.270 e. The van der Waals surface area contributed by atoms with Crippen LogP contribution in [0, 0.1) is 0 Å². The van der Waals surface area contributed by atoms with Gasteiger partial charge in [0.15, 0.2) is 5.82 Å². The van der Waals surface area contributed by atoms with Crippen LogP contribution >= 0.6 is 0 Å². The van der Waals surface area contributed by atoms with Gasteiger partial charge >= 0.3 is 0 Å². The van der Waals surface area contributed by atoms with Crippen LogP contribution in [0.25, 0.3) is 0 Å². The van der Waals surface area contributed by atoms with Gasteiger partial charge in [-0.3, -0.25) is 9.89 Å². The van der Waals surface area contributed by atoms with Gasteiger partial charge in [-0.05, 0) is 18.6 Å². The van der Waals surface area contributed by atoms with Gasteiger partial charge in [0.1, 0.15) is 17.6 Å². The minimum Gasteiger partial charge on any atom is -0.366 e. The van der Waals surface area contributed by atoms with E-state index in [9.17, 15) is 4.79 Å². The van der Waals surface area contributed by atoms with E-state index in [2.05, 4.69) is 22.1 Å². The molecule has 1 aliphatic rings. The van der Waals surface area contributed by atoms with Crippen LogP contribution in [0.1, 0.15) is 41.6 Å². The molecule has 2 aromatic rings. The normalized spacial score (nSPS) is 18.6. The van der Waals surface area contributed by atoms with Crippen molar-refractivity contribution in [1.29, 1.82) is 0 Å². The third kappa shape index (κ3) is 2.89. The van der Waals surface area contributed by atoms with E-state index in [0.29, 0.717) is 31.2 Å². The lowest BCUT2D eigenvalue weighted by molar-refractivity contribution is -0.0269. The van der Waals surface area contributed by atoms with Crippen LogP contribution in [0.15, 0.2) is 18.3 Å². The van der Waals surface area contributed by atoms with E-state index >= 15 is 0 Å². The number of carbonyl (C=O) groups excluding carboxylic acids is 1. The predicted octanol–water partition coefficient (Wildman–Crippen LogP) is 1.31. The Morgan fingerprint density at radius 3 is 3.14 bits per heavy atom. The lowest BCUT2D eigenvalue weighted by atomic mass is 10.2.